The van der Waals surface area contributed by atoms with Gasteiger partial charge < -0.3 is 15.2 Å². The van der Waals surface area contributed by atoms with Crippen LogP contribution in [-0.2, 0) is 6.54 Å². The summed E-state index contributed by atoms with van der Waals surface area (Å²) in [6, 6.07) is 4.29. The highest BCUT2D eigenvalue weighted by Crippen LogP contribution is 2.41. The van der Waals surface area contributed by atoms with Gasteiger partial charge in [-0.1, -0.05) is 13.8 Å². The average molecular weight is 264 g/mol. The van der Waals surface area contributed by atoms with E-state index in [1.165, 1.54) is 11.1 Å². The summed E-state index contributed by atoms with van der Waals surface area (Å²) in [5.41, 5.74) is 8.48. The number of fused-ring (bicyclic) bond motifs is 1. The van der Waals surface area contributed by atoms with E-state index in [9.17, 15) is 0 Å². The molecule has 0 amide bonds. The van der Waals surface area contributed by atoms with Crippen molar-refractivity contribution in [2.45, 2.75) is 26.4 Å². The minimum absolute atomic E-state index is 0.248. The van der Waals surface area contributed by atoms with E-state index in [1.54, 1.807) is 14.2 Å². The van der Waals surface area contributed by atoms with Gasteiger partial charge in [0.25, 0.3) is 0 Å². The predicted molar refractivity (Wildman–Crippen MR) is 76.6 cm³/mol. The van der Waals surface area contributed by atoms with Crippen LogP contribution in [-0.4, -0.2) is 32.2 Å². The Morgan fingerprint density at radius 3 is 2.58 bits per heavy atom. The Morgan fingerprint density at radius 2 is 2.05 bits per heavy atom. The summed E-state index contributed by atoms with van der Waals surface area (Å²) < 4.78 is 10.9. The lowest BCUT2D eigenvalue weighted by molar-refractivity contribution is 0.193. The SMILES string of the molecule is COc1cc2c(c(OC)c1)C(CN)N(CC(C)C)C2. The van der Waals surface area contributed by atoms with Crippen molar-refractivity contribution in [3.05, 3.63) is 23.3 Å². The van der Waals surface area contributed by atoms with Crippen molar-refractivity contribution < 1.29 is 9.47 Å². The molecule has 0 aliphatic carbocycles. The van der Waals surface area contributed by atoms with E-state index < -0.39 is 0 Å². The van der Waals surface area contributed by atoms with Crippen LogP contribution in [0.15, 0.2) is 12.1 Å². The third-order valence-corrected chi connectivity index (χ3v) is 3.63. The van der Waals surface area contributed by atoms with Gasteiger partial charge in [-0.05, 0) is 17.5 Å². The number of ether oxygens (including phenoxy) is 2. The molecule has 4 heteroatoms. The van der Waals surface area contributed by atoms with Crippen molar-refractivity contribution in [2.24, 2.45) is 11.7 Å². The first kappa shape index (κ1) is 14.2. The van der Waals surface area contributed by atoms with Gasteiger partial charge in [0.1, 0.15) is 11.5 Å². The van der Waals surface area contributed by atoms with Gasteiger partial charge in [-0.25, -0.2) is 0 Å². The summed E-state index contributed by atoms with van der Waals surface area (Å²) in [6.07, 6.45) is 0. The molecule has 1 atom stereocenters. The maximum atomic E-state index is 5.98. The molecule has 0 aromatic heterocycles. The number of hydrogen-bond donors (Lipinski definition) is 1. The first-order valence-corrected chi connectivity index (χ1v) is 6.79. The molecular weight excluding hydrogens is 240 g/mol. The molecule has 0 fully saturated rings. The molecule has 1 heterocycles. The maximum Gasteiger partial charge on any atom is 0.127 e. The minimum atomic E-state index is 0.248. The fourth-order valence-corrected chi connectivity index (χ4v) is 2.89. The molecule has 1 aliphatic rings. The van der Waals surface area contributed by atoms with Gasteiger partial charge in [-0.2, -0.15) is 0 Å². The number of benzene rings is 1. The van der Waals surface area contributed by atoms with Crippen LogP contribution in [0.2, 0.25) is 0 Å². The van der Waals surface area contributed by atoms with Gasteiger partial charge in [0.2, 0.25) is 0 Å². The zero-order chi connectivity index (χ0) is 14.0. The molecule has 106 valence electrons. The molecule has 1 unspecified atom stereocenters. The third-order valence-electron chi connectivity index (χ3n) is 3.63. The topological polar surface area (TPSA) is 47.7 Å². The lowest BCUT2D eigenvalue weighted by Crippen LogP contribution is -2.31. The molecule has 2 N–H and O–H groups in total. The molecule has 1 aromatic carbocycles. The van der Waals surface area contributed by atoms with Crippen molar-refractivity contribution >= 4 is 0 Å². The number of hydrogen-bond acceptors (Lipinski definition) is 4. The van der Waals surface area contributed by atoms with Crippen molar-refractivity contribution in [2.75, 3.05) is 27.3 Å². The number of nitrogens with zero attached hydrogens (tertiary/aromatic N) is 1. The number of methoxy groups -OCH3 is 2. The van der Waals surface area contributed by atoms with E-state index in [1.807, 2.05) is 6.07 Å². The van der Waals surface area contributed by atoms with Gasteiger partial charge >= 0.3 is 0 Å². The van der Waals surface area contributed by atoms with Crippen LogP contribution in [0, 0.1) is 5.92 Å². The van der Waals surface area contributed by atoms with E-state index in [4.69, 9.17) is 15.2 Å². The Kier molecular flexibility index (Phi) is 4.32. The number of nitrogens with two attached hydrogens (primary N) is 1. The molecule has 1 aromatic rings. The summed E-state index contributed by atoms with van der Waals surface area (Å²) in [6.45, 7) is 7.04. The van der Waals surface area contributed by atoms with Crippen molar-refractivity contribution in [1.82, 2.24) is 4.90 Å². The Hall–Kier alpha value is -1.26. The zero-order valence-corrected chi connectivity index (χ0v) is 12.3. The Morgan fingerprint density at radius 1 is 1.32 bits per heavy atom. The molecular formula is C15H24N2O2. The van der Waals surface area contributed by atoms with Crippen LogP contribution >= 0.6 is 0 Å². The Labute approximate surface area is 115 Å². The standard InChI is InChI=1S/C15H24N2O2/c1-10(2)8-17-9-11-5-12(18-3)6-14(19-4)15(11)13(17)7-16/h5-6,10,13H,7-9,16H2,1-4H3. The van der Waals surface area contributed by atoms with Crippen LogP contribution in [0.25, 0.3) is 0 Å². The van der Waals surface area contributed by atoms with Gasteiger partial charge in [0.05, 0.1) is 20.3 Å². The molecule has 1 aliphatic heterocycles. The lowest BCUT2D eigenvalue weighted by Gasteiger charge is -2.26. The average Bonchev–Trinajstić information content (AvgIpc) is 2.73. The van der Waals surface area contributed by atoms with Crippen LogP contribution in [0.1, 0.15) is 31.0 Å². The Bertz CT molecular complexity index is 446. The van der Waals surface area contributed by atoms with Gasteiger partial charge in [0.15, 0.2) is 0 Å². The Balaban J connectivity index is 2.39. The maximum absolute atomic E-state index is 5.98. The fraction of sp³-hybridized carbons (Fsp3) is 0.600. The minimum Gasteiger partial charge on any atom is -0.497 e. The third kappa shape index (κ3) is 2.69. The summed E-state index contributed by atoms with van der Waals surface area (Å²) in [7, 11) is 3.39. The lowest BCUT2D eigenvalue weighted by atomic mass is 10.0. The largest absolute Gasteiger partial charge is 0.497 e. The zero-order valence-electron chi connectivity index (χ0n) is 12.3. The molecule has 0 saturated heterocycles. The van der Waals surface area contributed by atoms with Crippen LogP contribution in [0.5, 0.6) is 11.5 Å². The first-order chi connectivity index (χ1) is 9.10. The smallest absolute Gasteiger partial charge is 0.127 e. The summed E-state index contributed by atoms with van der Waals surface area (Å²) in [4.78, 5) is 2.43. The quantitative estimate of drug-likeness (QED) is 0.885. The monoisotopic (exact) mass is 264 g/mol. The van der Waals surface area contributed by atoms with E-state index in [-0.39, 0.29) is 6.04 Å². The van der Waals surface area contributed by atoms with Crippen LogP contribution in [0.4, 0.5) is 0 Å². The van der Waals surface area contributed by atoms with E-state index in [0.29, 0.717) is 12.5 Å². The van der Waals surface area contributed by atoms with Crippen LogP contribution in [0.3, 0.4) is 0 Å². The van der Waals surface area contributed by atoms with Gasteiger partial charge in [-0.3, -0.25) is 4.90 Å². The highest BCUT2D eigenvalue weighted by molar-refractivity contribution is 5.50. The highest BCUT2D eigenvalue weighted by Gasteiger charge is 2.32. The number of rotatable bonds is 5. The highest BCUT2D eigenvalue weighted by atomic mass is 16.5. The second-order valence-corrected chi connectivity index (χ2v) is 5.48. The second kappa shape index (κ2) is 5.80. The summed E-state index contributed by atoms with van der Waals surface area (Å²) in [5.74, 6) is 2.35. The summed E-state index contributed by atoms with van der Waals surface area (Å²) in [5, 5.41) is 0. The second-order valence-electron chi connectivity index (χ2n) is 5.48. The first-order valence-electron chi connectivity index (χ1n) is 6.79. The van der Waals surface area contributed by atoms with Gasteiger partial charge in [-0.15, -0.1) is 0 Å². The van der Waals surface area contributed by atoms with Crippen molar-refractivity contribution in [1.29, 1.82) is 0 Å². The van der Waals surface area contributed by atoms with E-state index >= 15 is 0 Å². The molecule has 2 rings (SSSR count). The molecule has 0 bridgehead atoms. The van der Waals surface area contributed by atoms with E-state index in [0.717, 1.165) is 24.6 Å². The fourth-order valence-electron chi connectivity index (χ4n) is 2.89. The molecule has 0 saturated carbocycles. The van der Waals surface area contributed by atoms with Crippen molar-refractivity contribution in [3.63, 3.8) is 0 Å². The normalized spacial score (nSPS) is 18.7. The van der Waals surface area contributed by atoms with Crippen molar-refractivity contribution in [3.8, 4) is 11.5 Å². The predicted octanol–water partition coefficient (Wildman–Crippen LogP) is 2.18. The van der Waals surface area contributed by atoms with E-state index in [2.05, 4.69) is 24.8 Å². The van der Waals surface area contributed by atoms with Gasteiger partial charge in [0, 0.05) is 31.3 Å². The molecule has 0 radical (unpaired) electrons. The molecule has 0 spiro atoms. The molecule has 4 nitrogen and oxygen atoms in total. The summed E-state index contributed by atoms with van der Waals surface area (Å²) >= 11 is 0. The van der Waals surface area contributed by atoms with Crippen LogP contribution < -0.4 is 15.2 Å². The molecule has 19 heavy (non-hydrogen) atoms.